The van der Waals surface area contributed by atoms with Crippen molar-refractivity contribution in [3.63, 3.8) is 0 Å². The number of halogens is 2. The lowest BCUT2D eigenvalue weighted by atomic mass is 10.2. The summed E-state index contributed by atoms with van der Waals surface area (Å²) < 4.78 is 0. The van der Waals surface area contributed by atoms with Crippen molar-refractivity contribution in [2.24, 2.45) is 0 Å². The fourth-order valence-corrected chi connectivity index (χ4v) is 1.94. The summed E-state index contributed by atoms with van der Waals surface area (Å²) >= 11 is 0. The molecule has 0 amide bonds. The summed E-state index contributed by atoms with van der Waals surface area (Å²) in [4.78, 5) is 2.38. The van der Waals surface area contributed by atoms with E-state index in [9.17, 15) is 5.11 Å². The molecule has 0 saturated carbocycles. The molecule has 74 valence electrons. The van der Waals surface area contributed by atoms with E-state index in [1.54, 1.807) is 0 Å². The van der Waals surface area contributed by atoms with Gasteiger partial charge in [0.25, 0.3) is 0 Å². The predicted molar refractivity (Wildman–Crippen MR) is 53.4 cm³/mol. The van der Waals surface area contributed by atoms with Crippen molar-refractivity contribution >= 4 is 24.8 Å². The molecule has 2 atom stereocenters. The number of piperazine rings is 1. The van der Waals surface area contributed by atoms with Crippen LogP contribution in [0.2, 0.25) is 0 Å². The van der Waals surface area contributed by atoms with Gasteiger partial charge in [0.15, 0.2) is 0 Å². The van der Waals surface area contributed by atoms with Gasteiger partial charge in [-0.15, -0.1) is 24.8 Å². The first kappa shape index (κ1) is 12.5. The van der Waals surface area contributed by atoms with Gasteiger partial charge >= 0.3 is 0 Å². The van der Waals surface area contributed by atoms with Crippen molar-refractivity contribution < 1.29 is 5.11 Å². The molecule has 0 bridgehead atoms. The Morgan fingerprint density at radius 2 is 2.08 bits per heavy atom. The number of fused-ring (bicyclic) bond motifs is 1. The zero-order valence-electron chi connectivity index (χ0n) is 6.90. The summed E-state index contributed by atoms with van der Waals surface area (Å²) in [5.41, 5.74) is 0. The van der Waals surface area contributed by atoms with Crippen molar-refractivity contribution in [2.45, 2.75) is 18.6 Å². The van der Waals surface area contributed by atoms with E-state index in [0.29, 0.717) is 6.04 Å². The molecule has 2 unspecified atom stereocenters. The van der Waals surface area contributed by atoms with Gasteiger partial charge in [-0.25, -0.2) is 0 Å². The third-order valence-electron chi connectivity index (χ3n) is 2.46. The van der Waals surface area contributed by atoms with E-state index in [-0.39, 0.29) is 30.9 Å². The van der Waals surface area contributed by atoms with Gasteiger partial charge < -0.3 is 10.4 Å². The second-order valence-electron chi connectivity index (χ2n) is 3.24. The SMILES string of the molecule is Cl.Cl.OC1CC2CNCCN2C1. The maximum Gasteiger partial charge on any atom is 0.0682 e. The number of hydrogen-bond donors (Lipinski definition) is 2. The molecule has 3 nitrogen and oxygen atoms in total. The molecule has 5 heteroatoms. The minimum Gasteiger partial charge on any atom is -0.392 e. The first-order valence-electron chi connectivity index (χ1n) is 3.99. The lowest BCUT2D eigenvalue weighted by Crippen LogP contribution is -2.47. The average Bonchev–Trinajstić information content (AvgIpc) is 2.27. The Hall–Kier alpha value is 0.460. The minimum absolute atomic E-state index is 0. The fraction of sp³-hybridized carbons (Fsp3) is 1.00. The van der Waals surface area contributed by atoms with Gasteiger partial charge in [-0.05, 0) is 6.42 Å². The molecule has 0 spiro atoms. The summed E-state index contributed by atoms with van der Waals surface area (Å²) in [6.07, 6.45) is 0.900. The average molecular weight is 215 g/mol. The van der Waals surface area contributed by atoms with Crippen LogP contribution in [0.3, 0.4) is 0 Å². The highest BCUT2D eigenvalue weighted by Gasteiger charge is 2.31. The van der Waals surface area contributed by atoms with E-state index in [2.05, 4.69) is 10.2 Å². The quantitative estimate of drug-likeness (QED) is 0.590. The highest BCUT2D eigenvalue weighted by atomic mass is 35.5. The van der Waals surface area contributed by atoms with Crippen molar-refractivity contribution in [3.05, 3.63) is 0 Å². The lowest BCUT2D eigenvalue weighted by molar-refractivity contribution is 0.170. The Kier molecular flexibility index (Phi) is 5.45. The Balaban J connectivity index is 0.000000605. The number of hydrogen-bond acceptors (Lipinski definition) is 3. The zero-order valence-corrected chi connectivity index (χ0v) is 8.53. The molecule has 2 fully saturated rings. The third kappa shape index (κ3) is 2.47. The Morgan fingerprint density at radius 3 is 2.75 bits per heavy atom. The summed E-state index contributed by atoms with van der Waals surface area (Å²) in [6.45, 7) is 4.16. The van der Waals surface area contributed by atoms with Crippen LogP contribution in [-0.4, -0.2) is 48.3 Å². The molecule has 0 radical (unpaired) electrons. The van der Waals surface area contributed by atoms with Crippen LogP contribution in [0.15, 0.2) is 0 Å². The fourth-order valence-electron chi connectivity index (χ4n) is 1.94. The van der Waals surface area contributed by atoms with Crippen molar-refractivity contribution in [3.8, 4) is 0 Å². The van der Waals surface area contributed by atoms with Crippen molar-refractivity contribution in [1.29, 1.82) is 0 Å². The van der Waals surface area contributed by atoms with Gasteiger partial charge in [0.2, 0.25) is 0 Å². The Morgan fingerprint density at radius 1 is 1.33 bits per heavy atom. The smallest absolute Gasteiger partial charge is 0.0682 e. The molecule has 2 aliphatic rings. The monoisotopic (exact) mass is 214 g/mol. The van der Waals surface area contributed by atoms with E-state index >= 15 is 0 Å². The first-order chi connectivity index (χ1) is 4.86. The third-order valence-corrected chi connectivity index (χ3v) is 2.46. The van der Waals surface area contributed by atoms with E-state index < -0.39 is 0 Å². The van der Waals surface area contributed by atoms with E-state index in [0.717, 1.165) is 32.6 Å². The Bertz CT molecular complexity index is 123. The van der Waals surface area contributed by atoms with Gasteiger partial charge in [-0.1, -0.05) is 0 Å². The van der Waals surface area contributed by atoms with Crippen LogP contribution in [-0.2, 0) is 0 Å². The van der Waals surface area contributed by atoms with Gasteiger partial charge in [0.1, 0.15) is 0 Å². The van der Waals surface area contributed by atoms with Crippen LogP contribution in [0.5, 0.6) is 0 Å². The highest BCUT2D eigenvalue weighted by Crippen LogP contribution is 2.18. The topological polar surface area (TPSA) is 35.5 Å². The molecule has 2 saturated heterocycles. The molecular formula is C7H16Cl2N2O. The van der Waals surface area contributed by atoms with E-state index in [1.165, 1.54) is 0 Å². The van der Waals surface area contributed by atoms with Crippen LogP contribution in [0, 0.1) is 0 Å². The number of rotatable bonds is 0. The van der Waals surface area contributed by atoms with Gasteiger partial charge in [0.05, 0.1) is 6.10 Å². The number of aliphatic hydroxyl groups is 1. The number of aliphatic hydroxyl groups excluding tert-OH is 1. The molecule has 2 aliphatic heterocycles. The Labute approximate surface area is 85.3 Å². The minimum atomic E-state index is -0.0649. The maximum atomic E-state index is 9.29. The molecule has 0 aromatic heterocycles. The maximum absolute atomic E-state index is 9.29. The second-order valence-corrected chi connectivity index (χ2v) is 3.24. The predicted octanol–water partition coefficient (Wildman–Crippen LogP) is -0.132. The molecule has 2 heterocycles. The molecule has 0 aromatic rings. The van der Waals surface area contributed by atoms with Crippen LogP contribution in [0.4, 0.5) is 0 Å². The van der Waals surface area contributed by atoms with Gasteiger partial charge in [-0.2, -0.15) is 0 Å². The lowest BCUT2D eigenvalue weighted by Gasteiger charge is -2.29. The normalized spacial score (nSPS) is 34.8. The number of nitrogens with zero attached hydrogens (tertiary/aromatic N) is 1. The van der Waals surface area contributed by atoms with E-state index in [4.69, 9.17) is 0 Å². The first-order valence-corrected chi connectivity index (χ1v) is 3.99. The van der Waals surface area contributed by atoms with Crippen molar-refractivity contribution in [1.82, 2.24) is 10.2 Å². The second kappa shape index (κ2) is 5.25. The van der Waals surface area contributed by atoms with Crippen LogP contribution < -0.4 is 5.32 Å². The molecule has 0 aliphatic carbocycles. The summed E-state index contributed by atoms with van der Waals surface area (Å²) in [5.74, 6) is 0. The van der Waals surface area contributed by atoms with Gasteiger partial charge in [0, 0.05) is 32.2 Å². The standard InChI is InChI=1S/C7H14N2O.2ClH/c10-7-3-6-4-8-1-2-9(6)5-7;;/h6-8,10H,1-5H2;2*1H. The van der Waals surface area contributed by atoms with Crippen LogP contribution >= 0.6 is 24.8 Å². The van der Waals surface area contributed by atoms with Crippen LogP contribution in [0.25, 0.3) is 0 Å². The largest absolute Gasteiger partial charge is 0.392 e. The summed E-state index contributed by atoms with van der Waals surface area (Å²) in [7, 11) is 0. The molecule has 2 N–H and O–H groups in total. The van der Waals surface area contributed by atoms with Gasteiger partial charge in [-0.3, -0.25) is 4.90 Å². The summed E-state index contributed by atoms with van der Waals surface area (Å²) in [5, 5.41) is 12.6. The highest BCUT2D eigenvalue weighted by molar-refractivity contribution is 5.85. The molecule has 0 aromatic carbocycles. The molecule has 12 heavy (non-hydrogen) atoms. The van der Waals surface area contributed by atoms with E-state index in [1.807, 2.05) is 0 Å². The van der Waals surface area contributed by atoms with Crippen LogP contribution in [0.1, 0.15) is 6.42 Å². The number of nitrogens with one attached hydrogen (secondary N) is 1. The molecular weight excluding hydrogens is 199 g/mol. The van der Waals surface area contributed by atoms with Crippen molar-refractivity contribution in [2.75, 3.05) is 26.2 Å². The summed E-state index contributed by atoms with van der Waals surface area (Å²) in [6, 6.07) is 0.615. The zero-order chi connectivity index (χ0) is 6.97. The molecule has 2 rings (SSSR count).